The van der Waals surface area contributed by atoms with Crippen LogP contribution in [0.4, 0.5) is 5.69 Å². The maximum Gasteiger partial charge on any atom is 0.292 e. The van der Waals surface area contributed by atoms with E-state index in [9.17, 15) is 9.59 Å². The predicted octanol–water partition coefficient (Wildman–Crippen LogP) is 0.0707. The monoisotopic (exact) mass is 395 g/mol. The summed E-state index contributed by atoms with van der Waals surface area (Å²) in [5.41, 5.74) is 1.27. The van der Waals surface area contributed by atoms with Gasteiger partial charge in [0, 0.05) is 19.3 Å². The lowest BCUT2D eigenvalue weighted by molar-refractivity contribution is -1.05. The molecule has 29 heavy (non-hydrogen) atoms. The summed E-state index contributed by atoms with van der Waals surface area (Å²) in [6, 6.07) is 9.25. The van der Waals surface area contributed by atoms with Gasteiger partial charge in [-0.2, -0.15) is 0 Å². The maximum absolute atomic E-state index is 13.1. The van der Waals surface area contributed by atoms with Crippen LogP contribution in [0, 0.1) is 17.8 Å². The van der Waals surface area contributed by atoms with E-state index in [0.717, 1.165) is 36.5 Å². The normalized spacial score (nSPS) is 43.9. The summed E-state index contributed by atoms with van der Waals surface area (Å²) in [4.78, 5) is 30.3. The largest absolute Gasteiger partial charge is 0.321 e. The number of quaternary nitrogens is 2. The molecule has 7 rings (SSSR count). The molecule has 1 aromatic rings. The van der Waals surface area contributed by atoms with Crippen molar-refractivity contribution in [1.29, 1.82) is 0 Å². The van der Waals surface area contributed by atoms with Crippen molar-refractivity contribution in [2.24, 2.45) is 17.8 Å². The molecule has 0 radical (unpaired) electrons. The number of anilines is 1. The molecule has 6 aliphatic rings. The van der Waals surface area contributed by atoms with E-state index in [4.69, 9.17) is 0 Å². The topological polar surface area (TPSA) is 46.3 Å². The van der Waals surface area contributed by atoms with Crippen LogP contribution in [0.3, 0.4) is 0 Å². The molecule has 0 unspecified atom stereocenters. The van der Waals surface area contributed by atoms with Gasteiger partial charge in [-0.1, -0.05) is 18.2 Å². The van der Waals surface area contributed by atoms with E-state index in [0.29, 0.717) is 12.0 Å². The highest BCUT2D eigenvalue weighted by molar-refractivity contribution is 6.21. The van der Waals surface area contributed by atoms with Crippen molar-refractivity contribution in [3.63, 3.8) is 0 Å². The summed E-state index contributed by atoms with van der Waals surface area (Å²) in [5, 5.41) is 0. The highest BCUT2D eigenvalue weighted by Gasteiger charge is 2.57. The molecule has 2 saturated heterocycles. The molecule has 0 spiro atoms. The lowest BCUT2D eigenvalue weighted by atomic mass is 9.52. The van der Waals surface area contributed by atoms with Gasteiger partial charge in [0.1, 0.15) is 26.2 Å². The molecule has 5 nitrogen and oxygen atoms in total. The van der Waals surface area contributed by atoms with Crippen LogP contribution in [0.1, 0.15) is 44.9 Å². The van der Waals surface area contributed by atoms with E-state index in [1.165, 1.54) is 61.4 Å². The Bertz CT molecular complexity index is 779. The zero-order valence-electron chi connectivity index (χ0n) is 17.2. The predicted molar refractivity (Wildman–Crippen MR) is 110 cm³/mol. The highest BCUT2D eigenvalue weighted by Crippen LogP contribution is 2.54. The second kappa shape index (κ2) is 6.64. The Hall–Kier alpha value is -1.72. The number of para-hydroxylation sites is 1. The van der Waals surface area contributed by atoms with E-state index in [1.807, 2.05) is 35.2 Å². The smallest absolute Gasteiger partial charge is 0.292 e. The summed E-state index contributed by atoms with van der Waals surface area (Å²) in [6.45, 7) is 4.41. The third-order valence-corrected chi connectivity index (χ3v) is 8.94. The van der Waals surface area contributed by atoms with Gasteiger partial charge >= 0.3 is 0 Å². The summed E-state index contributed by atoms with van der Waals surface area (Å²) >= 11 is 0. The van der Waals surface area contributed by atoms with Crippen LogP contribution < -0.4 is 14.7 Å². The van der Waals surface area contributed by atoms with Gasteiger partial charge in [-0.3, -0.25) is 9.59 Å². The second-order valence-corrected chi connectivity index (χ2v) is 10.6. The first-order valence-electron chi connectivity index (χ1n) is 11.7. The summed E-state index contributed by atoms with van der Waals surface area (Å²) < 4.78 is 0. The molecule has 1 atom stereocenters. The molecule has 4 saturated carbocycles. The number of hydrogen-bond donors (Lipinski definition) is 2. The van der Waals surface area contributed by atoms with Gasteiger partial charge in [-0.15, -0.1) is 0 Å². The Morgan fingerprint density at radius 3 is 2.00 bits per heavy atom. The lowest BCUT2D eigenvalue weighted by Gasteiger charge is -2.58. The van der Waals surface area contributed by atoms with Gasteiger partial charge in [0.25, 0.3) is 5.91 Å². The zero-order valence-corrected chi connectivity index (χ0v) is 17.2. The minimum Gasteiger partial charge on any atom is -0.321 e. The van der Waals surface area contributed by atoms with E-state index in [1.54, 1.807) is 0 Å². The number of rotatable bonds is 3. The van der Waals surface area contributed by atoms with Gasteiger partial charge in [-0.25, -0.2) is 4.90 Å². The number of amides is 2. The Morgan fingerprint density at radius 2 is 1.41 bits per heavy atom. The van der Waals surface area contributed by atoms with E-state index < -0.39 is 0 Å². The van der Waals surface area contributed by atoms with Crippen molar-refractivity contribution in [2.45, 2.75) is 56.5 Å². The third kappa shape index (κ3) is 2.89. The van der Waals surface area contributed by atoms with Crippen LogP contribution in [0.15, 0.2) is 30.3 Å². The van der Waals surface area contributed by atoms with Crippen LogP contribution in [0.5, 0.6) is 0 Å². The fourth-order valence-corrected chi connectivity index (χ4v) is 8.09. The molecule has 2 N–H and O–H groups in total. The van der Waals surface area contributed by atoms with E-state index in [-0.39, 0.29) is 17.9 Å². The SMILES string of the molecule is O=C1C[C@H]([NH+]2CC[NH+](C34CC5CC(CC(C5)C3)C4)CC2)C(=O)N1c1ccccc1. The molecule has 0 aromatic heterocycles. The lowest BCUT2D eigenvalue weighted by Crippen LogP contribution is -3.33. The molecule has 1 aromatic carbocycles. The Labute approximate surface area is 173 Å². The van der Waals surface area contributed by atoms with Crippen molar-refractivity contribution in [3.8, 4) is 0 Å². The van der Waals surface area contributed by atoms with E-state index in [2.05, 4.69) is 0 Å². The molecule has 4 bridgehead atoms. The van der Waals surface area contributed by atoms with Crippen LogP contribution in [0.25, 0.3) is 0 Å². The number of benzene rings is 1. The van der Waals surface area contributed by atoms with Gasteiger partial charge in [-0.05, 0) is 49.1 Å². The van der Waals surface area contributed by atoms with Gasteiger partial charge in [0.15, 0.2) is 6.04 Å². The number of carbonyl (C=O) groups excluding carboxylic acids is 2. The average molecular weight is 396 g/mol. The minimum absolute atomic E-state index is 0.00875. The molecule has 6 fully saturated rings. The van der Waals surface area contributed by atoms with Gasteiger partial charge < -0.3 is 9.80 Å². The Balaban J connectivity index is 1.14. The fourth-order valence-electron chi connectivity index (χ4n) is 8.09. The second-order valence-electron chi connectivity index (χ2n) is 10.6. The van der Waals surface area contributed by atoms with Crippen LogP contribution in [-0.2, 0) is 9.59 Å². The van der Waals surface area contributed by atoms with Gasteiger partial charge in [0.05, 0.1) is 17.6 Å². The zero-order chi connectivity index (χ0) is 19.6. The Morgan fingerprint density at radius 1 is 0.828 bits per heavy atom. The number of piperazine rings is 1. The molecule has 2 aliphatic heterocycles. The van der Waals surface area contributed by atoms with E-state index >= 15 is 0 Å². The quantitative estimate of drug-likeness (QED) is 0.712. The van der Waals surface area contributed by atoms with Crippen molar-refractivity contribution in [1.82, 2.24) is 0 Å². The number of nitrogens with zero attached hydrogens (tertiary/aromatic N) is 1. The van der Waals surface area contributed by atoms with Crippen LogP contribution in [-0.4, -0.2) is 49.6 Å². The summed E-state index contributed by atoms with van der Waals surface area (Å²) in [7, 11) is 0. The number of carbonyl (C=O) groups is 2. The first-order chi connectivity index (χ1) is 14.1. The van der Waals surface area contributed by atoms with Crippen molar-refractivity contribution in [2.75, 3.05) is 31.1 Å². The van der Waals surface area contributed by atoms with Crippen molar-refractivity contribution in [3.05, 3.63) is 30.3 Å². The standard InChI is InChI=1S/C24H31N3O2/c28-22-13-21(23(29)27(22)20-4-2-1-3-5-20)25-6-8-26(9-7-25)24-14-17-10-18(15-24)12-19(11-17)16-24/h1-5,17-19,21H,6-16H2/p+2/t17?,18?,19?,21-,24?/m0/s1. The number of imide groups is 1. The Kier molecular flexibility index (Phi) is 4.14. The molecule has 2 heterocycles. The molecular weight excluding hydrogens is 362 g/mol. The maximum atomic E-state index is 13.1. The van der Waals surface area contributed by atoms with Crippen molar-refractivity contribution < 1.29 is 19.4 Å². The molecule has 5 heteroatoms. The summed E-state index contributed by atoms with van der Waals surface area (Å²) in [5.74, 6) is 2.96. The molecule has 154 valence electrons. The first-order valence-corrected chi connectivity index (χ1v) is 11.7. The first kappa shape index (κ1) is 18.1. The average Bonchev–Trinajstić information content (AvgIpc) is 3.02. The third-order valence-electron chi connectivity index (χ3n) is 8.94. The molecule has 4 aliphatic carbocycles. The van der Waals surface area contributed by atoms with Crippen molar-refractivity contribution >= 4 is 17.5 Å². The molecular formula is C24H33N3O2+2. The number of nitrogens with one attached hydrogen (secondary N) is 2. The number of hydrogen-bond acceptors (Lipinski definition) is 2. The fraction of sp³-hybridized carbons (Fsp3) is 0.667. The van der Waals surface area contributed by atoms with Gasteiger partial charge in [0.2, 0.25) is 5.91 Å². The molecule has 2 amide bonds. The highest BCUT2D eigenvalue weighted by atomic mass is 16.2. The van der Waals surface area contributed by atoms with Crippen LogP contribution >= 0.6 is 0 Å². The summed E-state index contributed by atoms with van der Waals surface area (Å²) in [6.07, 6.45) is 9.22. The minimum atomic E-state index is -0.180. The van der Waals surface area contributed by atoms with Crippen LogP contribution in [0.2, 0.25) is 0 Å².